The average Bonchev–Trinajstić information content (AvgIpc) is 2.71. The second-order valence-electron chi connectivity index (χ2n) is 7.53. The van der Waals surface area contributed by atoms with E-state index < -0.39 is 10.0 Å². The summed E-state index contributed by atoms with van der Waals surface area (Å²) in [5.41, 5.74) is 3.36. The number of carbonyl (C=O) groups is 1. The number of nitrogens with one attached hydrogen (secondary N) is 1. The molecule has 1 fully saturated rings. The van der Waals surface area contributed by atoms with Crippen LogP contribution in [-0.4, -0.2) is 38.3 Å². The van der Waals surface area contributed by atoms with Crippen molar-refractivity contribution >= 4 is 21.6 Å². The number of nitrogens with zero attached hydrogens (tertiary/aromatic N) is 1. The summed E-state index contributed by atoms with van der Waals surface area (Å²) in [7, 11) is -3.56. The van der Waals surface area contributed by atoms with E-state index in [9.17, 15) is 13.2 Å². The summed E-state index contributed by atoms with van der Waals surface area (Å²) in [6, 6.07) is 10.6. The van der Waals surface area contributed by atoms with E-state index in [4.69, 9.17) is 4.74 Å². The third kappa shape index (κ3) is 5.16. The van der Waals surface area contributed by atoms with E-state index in [2.05, 4.69) is 5.32 Å². The molecule has 0 aliphatic carbocycles. The third-order valence-corrected chi connectivity index (χ3v) is 7.29. The molecule has 3 rings (SSSR count). The van der Waals surface area contributed by atoms with Crippen molar-refractivity contribution in [2.45, 2.75) is 44.9 Å². The summed E-state index contributed by atoms with van der Waals surface area (Å²) in [6.45, 7) is 6.71. The highest BCUT2D eigenvalue weighted by Crippen LogP contribution is 2.26. The lowest BCUT2D eigenvalue weighted by atomic mass is 10.1. The molecule has 1 amide bonds. The standard InChI is InChI=1S/C22H28N2O4S/c1-16-8-10-20(13-18(16)3)28-15-22(25)23-19-9-7-17(2)21(14-19)29(26,27)24-11-5-4-6-12-24/h7-10,13-14H,4-6,11-12,15H2,1-3H3,(H,23,25). The Morgan fingerprint density at radius 3 is 2.34 bits per heavy atom. The molecule has 0 spiro atoms. The van der Waals surface area contributed by atoms with Crippen molar-refractivity contribution in [1.29, 1.82) is 0 Å². The molecule has 1 heterocycles. The lowest BCUT2D eigenvalue weighted by Crippen LogP contribution is -2.36. The van der Waals surface area contributed by atoms with Crippen LogP contribution < -0.4 is 10.1 Å². The van der Waals surface area contributed by atoms with Gasteiger partial charge in [0.1, 0.15) is 5.75 Å². The zero-order chi connectivity index (χ0) is 21.0. The first-order valence-corrected chi connectivity index (χ1v) is 11.3. The Morgan fingerprint density at radius 2 is 1.66 bits per heavy atom. The van der Waals surface area contributed by atoms with Crippen LogP contribution in [0.1, 0.15) is 36.0 Å². The predicted molar refractivity (Wildman–Crippen MR) is 114 cm³/mol. The SMILES string of the molecule is Cc1ccc(OCC(=O)Nc2ccc(C)c(S(=O)(=O)N3CCCCC3)c2)cc1C. The first kappa shape index (κ1) is 21.3. The number of aryl methyl sites for hydroxylation is 3. The van der Waals surface area contributed by atoms with Crippen LogP contribution in [0.4, 0.5) is 5.69 Å². The van der Waals surface area contributed by atoms with Crippen LogP contribution in [0.25, 0.3) is 0 Å². The highest BCUT2D eigenvalue weighted by atomic mass is 32.2. The second-order valence-corrected chi connectivity index (χ2v) is 9.43. The molecule has 0 aromatic heterocycles. The summed E-state index contributed by atoms with van der Waals surface area (Å²) >= 11 is 0. The number of ether oxygens (including phenoxy) is 1. The maximum absolute atomic E-state index is 13.0. The summed E-state index contributed by atoms with van der Waals surface area (Å²) < 4.78 is 33.1. The number of rotatable bonds is 6. The smallest absolute Gasteiger partial charge is 0.262 e. The van der Waals surface area contributed by atoms with E-state index in [0.717, 1.165) is 30.4 Å². The number of piperidine rings is 1. The second kappa shape index (κ2) is 8.97. The van der Waals surface area contributed by atoms with Gasteiger partial charge < -0.3 is 10.1 Å². The molecule has 1 aliphatic heterocycles. The Hall–Kier alpha value is -2.38. The number of amides is 1. The van der Waals surface area contributed by atoms with Gasteiger partial charge in [-0.05, 0) is 74.6 Å². The average molecular weight is 417 g/mol. The van der Waals surface area contributed by atoms with Crippen LogP contribution in [-0.2, 0) is 14.8 Å². The van der Waals surface area contributed by atoms with Gasteiger partial charge in [0.25, 0.3) is 5.91 Å². The van der Waals surface area contributed by atoms with Crippen molar-refractivity contribution in [3.63, 3.8) is 0 Å². The minimum Gasteiger partial charge on any atom is -0.484 e. The van der Waals surface area contributed by atoms with Crippen LogP contribution in [0, 0.1) is 20.8 Å². The van der Waals surface area contributed by atoms with Crippen LogP contribution >= 0.6 is 0 Å². The molecule has 2 aromatic carbocycles. The number of anilines is 1. The van der Waals surface area contributed by atoms with E-state index in [-0.39, 0.29) is 17.4 Å². The van der Waals surface area contributed by atoms with Gasteiger partial charge in [-0.25, -0.2) is 8.42 Å². The molecular formula is C22H28N2O4S. The Morgan fingerprint density at radius 1 is 0.966 bits per heavy atom. The number of hydrogen-bond donors (Lipinski definition) is 1. The van der Waals surface area contributed by atoms with E-state index in [1.807, 2.05) is 32.0 Å². The quantitative estimate of drug-likeness (QED) is 0.777. The normalized spacial score (nSPS) is 15.1. The molecule has 0 radical (unpaired) electrons. The summed E-state index contributed by atoms with van der Waals surface area (Å²) in [5, 5.41) is 2.73. The molecule has 6 nitrogen and oxygen atoms in total. The van der Waals surface area contributed by atoms with E-state index >= 15 is 0 Å². The van der Waals surface area contributed by atoms with Crippen molar-refractivity contribution in [1.82, 2.24) is 4.31 Å². The molecule has 0 atom stereocenters. The largest absolute Gasteiger partial charge is 0.484 e. The van der Waals surface area contributed by atoms with Crippen LogP contribution in [0.3, 0.4) is 0 Å². The summed E-state index contributed by atoms with van der Waals surface area (Å²) in [4.78, 5) is 12.5. The van der Waals surface area contributed by atoms with E-state index in [0.29, 0.717) is 30.1 Å². The number of benzene rings is 2. The zero-order valence-corrected chi connectivity index (χ0v) is 18.0. The monoisotopic (exact) mass is 416 g/mol. The molecule has 1 saturated heterocycles. The summed E-state index contributed by atoms with van der Waals surface area (Å²) in [5.74, 6) is 0.286. The van der Waals surface area contributed by atoms with Gasteiger partial charge in [-0.1, -0.05) is 18.6 Å². The minimum atomic E-state index is -3.56. The Kier molecular flexibility index (Phi) is 6.59. The molecule has 7 heteroatoms. The third-order valence-electron chi connectivity index (χ3n) is 5.25. The Bertz CT molecular complexity index is 996. The molecule has 156 valence electrons. The molecular weight excluding hydrogens is 388 g/mol. The molecule has 0 saturated carbocycles. The van der Waals surface area contributed by atoms with Gasteiger partial charge in [-0.3, -0.25) is 4.79 Å². The van der Waals surface area contributed by atoms with Crippen molar-refractivity contribution in [3.05, 3.63) is 53.1 Å². The first-order valence-electron chi connectivity index (χ1n) is 9.88. The fourth-order valence-corrected chi connectivity index (χ4v) is 5.12. The summed E-state index contributed by atoms with van der Waals surface area (Å²) in [6.07, 6.45) is 2.82. The van der Waals surface area contributed by atoms with Crippen molar-refractivity contribution < 1.29 is 17.9 Å². The topological polar surface area (TPSA) is 75.7 Å². The van der Waals surface area contributed by atoms with Gasteiger partial charge in [0.2, 0.25) is 10.0 Å². The van der Waals surface area contributed by atoms with Crippen LogP contribution in [0.15, 0.2) is 41.3 Å². The van der Waals surface area contributed by atoms with Crippen molar-refractivity contribution in [2.75, 3.05) is 25.0 Å². The van der Waals surface area contributed by atoms with Gasteiger partial charge in [0.05, 0.1) is 4.90 Å². The van der Waals surface area contributed by atoms with E-state index in [1.54, 1.807) is 19.1 Å². The Labute approximate surface area is 172 Å². The first-order chi connectivity index (χ1) is 13.8. The zero-order valence-electron chi connectivity index (χ0n) is 17.2. The predicted octanol–water partition coefficient (Wildman–Crippen LogP) is 3.80. The molecule has 0 bridgehead atoms. The maximum atomic E-state index is 13.0. The van der Waals surface area contributed by atoms with Gasteiger partial charge in [0, 0.05) is 18.8 Å². The van der Waals surface area contributed by atoms with Crippen molar-refractivity contribution in [2.24, 2.45) is 0 Å². The highest BCUT2D eigenvalue weighted by Gasteiger charge is 2.27. The maximum Gasteiger partial charge on any atom is 0.262 e. The molecule has 0 unspecified atom stereocenters. The van der Waals surface area contributed by atoms with Crippen molar-refractivity contribution in [3.8, 4) is 5.75 Å². The lowest BCUT2D eigenvalue weighted by Gasteiger charge is -2.26. The number of sulfonamides is 1. The van der Waals surface area contributed by atoms with Gasteiger partial charge >= 0.3 is 0 Å². The van der Waals surface area contributed by atoms with Gasteiger partial charge in [-0.15, -0.1) is 0 Å². The van der Waals surface area contributed by atoms with Crippen LogP contribution in [0.5, 0.6) is 5.75 Å². The minimum absolute atomic E-state index is 0.148. The molecule has 2 aromatic rings. The molecule has 1 aliphatic rings. The fourth-order valence-electron chi connectivity index (χ4n) is 3.35. The number of hydrogen-bond acceptors (Lipinski definition) is 4. The number of carbonyl (C=O) groups excluding carboxylic acids is 1. The molecule has 29 heavy (non-hydrogen) atoms. The highest BCUT2D eigenvalue weighted by molar-refractivity contribution is 7.89. The van der Waals surface area contributed by atoms with E-state index in [1.165, 1.54) is 10.4 Å². The fraction of sp³-hybridized carbons (Fsp3) is 0.409. The lowest BCUT2D eigenvalue weighted by molar-refractivity contribution is -0.118. The Balaban J connectivity index is 1.68. The van der Waals surface area contributed by atoms with Gasteiger partial charge in [0.15, 0.2) is 6.61 Å². The van der Waals surface area contributed by atoms with Gasteiger partial charge in [-0.2, -0.15) is 4.31 Å². The molecule has 1 N–H and O–H groups in total. The van der Waals surface area contributed by atoms with Crippen LogP contribution in [0.2, 0.25) is 0 Å².